The minimum atomic E-state index is 0.0485. The van der Waals surface area contributed by atoms with Crippen molar-refractivity contribution in [1.29, 1.82) is 0 Å². The molecule has 0 aromatic carbocycles. The fourth-order valence-corrected chi connectivity index (χ4v) is 0.326. The largest absolute Gasteiger partial charge is 0.501 e. The molecule has 0 aliphatic carbocycles. The summed E-state index contributed by atoms with van der Waals surface area (Å²) in [6, 6.07) is 0. The Bertz CT molecular complexity index is 181. The van der Waals surface area contributed by atoms with Gasteiger partial charge in [-0.15, -0.1) is 0 Å². The summed E-state index contributed by atoms with van der Waals surface area (Å²) in [5, 5.41) is 8.78. The maximum Gasteiger partial charge on any atom is 0.158 e. The normalized spacial score (nSPS) is 10.1. The van der Waals surface area contributed by atoms with Gasteiger partial charge in [0.25, 0.3) is 0 Å². The van der Waals surface area contributed by atoms with E-state index in [0.29, 0.717) is 0 Å². The summed E-state index contributed by atoms with van der Waals surface area (Å²) >= 11 is 0. The van der Waals surface area contributed by atoms with E-state index in [1.807, 2.05) is 6.92 Å². The SMILES string of the molecule is C=C=C(O)/C=C(/C)C=C. The molecule has 0 unspecified atom stereocenters. The Kier molecular flexibility index (Phi) is 3.26. The predicted octanol–water partition coefficient (Wildman–Crippen LogP) is 2.35. The summed E-state index contributed by atoms with van der Waals surface area (Å²) in [5.41, 5.74) is 3.22. The Morgan fingerprint density at radius 3 is 2.56 bits per heavy atom. The lowest BCUT2D eigenvalue weighted by atomic mass is 10.2. The van der Waals surface area contributed by atoms with E-state index in [9.17, 15) is 0 Å². The van der Waals surface area contributed by atoms with Crippen LogP contribution >= 0.6 is 0 Å². The van der Waals surface area contributed by atoms with E-state index in [-0.39, 0.29) is 5.76 Å². The van der Waals surface area contributed by atoms with Crippen molar-refractivity contribution in [1.82, 2.24) is 0 Å². The molecule has 0 saturated carbocycles. The van der Waals surface area contributed by atoms with Crippen LogP contribution in [0, 0.1) is 0 Å². The second-order valence-electron chi connectivity index (χ2n) is 1.65. The Balaban J connectivity index is 4.29. The van der Waals surface area contributed by atoms with Gasteiger partial charge in [-0.05, 0) is 18.6 Å². The van der Waals surface area contributed by atoms with Crippen LogP contribution in [0.25, 0.3) is 0 Å². The van der Waals surface area contributed by atoms with Crippen molar-refractivity contribution in [3.63, 3.8) is 0 Å². The lowest BCUT2D eigenvalue weighted by Crippen LogP contribution is -1.71. The first kappa shape index (κ1) is 7.80. The summed E-state index contributed by atoms with van der Waals surface area (Å²) in [6.45, 7) is 8.60. The van der Waals surface area contributed by atoms with Gasteiger partial charge in [-0.2, -0.15) is 0 Å². The maximum atomic E-state index is 8.78. The van der Waals surface area contributed by atoms with Gasteiger partial charge in [-0.3, -0.25) is 0 Å². The van der Waals surface area contributed by atoms with Gasteiger partial charge in [0.2, 0.25) is 0 Å². The lowest BCUT2D eigenvalue weighted by Gasteiger charge is -1.87. The molecule has 0 spiro atoms. The molecule has 9 heavy (non-hydrogen) atoms. The highest BCUT2D eigenvalue weighted by molar-refractivity contribution is 5.22. The quantitative estimate of drug-likeness (QED) is 0.338. The molecule has 0 heterocycles. The van der Waals surface area contributed by atoms with E-state index in [1.54, 1.807) is 12.2 Å². The summed E-state index contributed by atoms with van der Waals surface area (Å²) in [4.78, 5) is 0. The van der Waals surface area contributed by atoms with Gasteiger partial charge in [0.05, 0.1) is 0 Å². The molecule has 0 aromatic heterocycles. The zero-order valence-corrected chi connectivity index (χ0v) is 5.52. The number of rotatable bonds is 2. The van der Waals surface area contributed by atoms with Gasteiger partial charge in [-0.25, -0.2) is 0 Å². The van der Waals surface area contributed by atoms with E-state index in [2.05, 4.69) is 18.9 Å². The Morgan fingerprint density at radius 1 is 1.67 bits per heavy atom. The molecular weight excluding hydrogens is 112 g/mol. The fraction of sp³-hybridized carbons (Fsp3) is 0.125. The van der Waals surface area contributed by atoms with E-state index in [0.717, 1.165) is 5.57 Å². The number of aliphatic hydroxyl groups excluding tert-OH is 1. The van der Waals surface area contributed by atoms with Crippen molar-refractivity contribution in [2.24, 2.45) is 0 Å². The van der Waals surface area contributed by atoms with Crippen LogP contribution in [0.1, 0.15) is 6.92 Å². The van der Waals surface area contributed by atoms with Crippen LogP contribution in [-0.2, 0) is 0 Å². The summed E-state index contributed by atoms with van der Waals surface area (Å²) in [7, 11) is 0. The fourth-order valence-electron chi connectivity index (χ4n) is 0.326. The molecule has 0 fully saturated rings. The number of hydrogen-bond acceptors (Lipinski definition) is 1. The third-order valence-corrected chi connectivity index (χ3v) is 0.867. The van der Waals surface area contributed by atoms with E-state index >= 15 is 0 Å². The minimum Gasteiger partial charge on any atom is -0.501 e. The highest BCUT2D eigenvalue weighted by Gasteiger charge is 1.81. The van der Waals surface area contributed by atoms with E-state index in [1.165, 1.54) is 0 Å². The Labute approximate surface area is 55.3 Å². The third kappa shape index (κ3) is 3.39. The highest BCUT2D eigenvalue weighted by Crippen LogP contribution is 1.96. The van der Waals surface area contributed by atoms with E-state index < -0.39 is 0 Å². The molecule has 0 radical (unpaired) electrons. The van der Waals surface area contributed by atoms with Crippen molar-refractivity contribution in [3.05, 3.63) is 42.4 Å². The molecule has 1 N–H and O–H groups in total. The zero-order valence-electron chi connectivity index (χ0n) is 5.52. The molecule has 0 aliphatic rings. The molecule has 0 bridgehead atoms. The van der Waals surface area contributed by atoms with E-state index in [4.69, 9.17) is 5.11 Å². The van der Waals surface area contributed by atoms with Crippen LogP contribution in [0.2, 0.25) is 0 Å². The van der Waals surface area contributed by atoms with Gasteiger partial charge in [0, 0.05) is 0 Å². The van der Waals surface area contributed by atoms with Crippen LogP contribution in [0.4, 0.5) is 0 Å². The average Bonchev–Trinajstić information content (AvgIpc) is 1.87. The lowest BCUT2D eigenvalue weighted by molar-refractivity contribution is 0.433. The highest BCUT2D eigenvalue weighted by atomic mass is 16.3. The van der Waals surface area contributed by atoms with Crippen LogP contribution < -0.4 is 0 Å². The Morgan fingerprint density at radius 2 is 2.22 bits per heavy atom. The summed E-state index contributed by atoms with van der Waals surface area (Å²) in [6.07, 6.45) is 3.19. The molecule has 0 amide bonds. The summed E-state index contributed by atoms with van der Waals surface area (Å²) in [5.74, 6) is 0.0485. The van der Waals surface area contributed by atoms with Crippen LogP contribution in [0.3, 0.4) is 0 Å². The first-order valence-electron chi connectivity index (χ1n) is 2.60. The predicted molar refractivity (Wildman–Crippen MR) is 39.2 cm³/mol. The Hall–Kier alpha value is -1.20. The van der Waals surface area contributed by atoms with Crippen molar-refractivity contribution in [2.45, 2.75) is 6.92 Å². The van der Waals surface area contributed by atoms with Gasteiger partial charge in [0.15, 0.2) is 5.76 Å². The van der Waals surface area contributed by atoms with Crippen LogP contribution in [-0.4, -0.2) is 5.11 Å². The summed E-state index contributed by atoms with van der Waals surface area (Å²) < 4.78 is 0. The third-order valence-electron chi connectivity index (χ3n) is 0.867. The molecule has 0 rings (SSSR count). The van der Waals surface area contributed by atoms with Crippen molar-refractivity contribution in [3.8, 4) is 0 Å². The molecule has 0 atom stereocenters. The smallest absolute Gasteiger partial charge is 0.158 e. The zero-order chi connectivity index (χ0) is 7.28. The molecule has 0 aliphatic heterocycles. The van der Waals surface area contributed by atoms with Crippen molar-refractivity contribution >= 4 is 0 Å². The topological polar surface area (TPSA) is 20.2 Å². The molecule has 48 valence electrons. The average molecular weight is 122 g/mol. The molecule has 1 heteroatoms. The van der Waals surface area contributed by atoms with Gasteiger partial charge < -0.3 is 5.11 Å². The second-order valence-corrected chi connectivity index (χ2v) is 1.65. The van der Waals surface area contributed by atoms with Crippen molar-refractivity contribution in [2.75, 3.05) is 0 Å². The van der Waals surface area contributed by atoms with Crippen LogP contribution in [0.5, 0.6) is 0 Å². The molecular formula is C8H10O. The van der Waals surface area contributed by atoms with Crippen LogP contribution in [0.15, 0.2) is 42.4 Å². The van der Waals surface area contributed by atoms with Gasteiger partial charge in [-0.1, -0.05) is 25.0 Å². The first-order chi connectivity index (χ1) is 4.20. The molecule has 0 saturated heterocycles. The first-order valence-corrected chi connectivity index (χ1v) is 2.60. The van der Waals surface area contributed by atoms with Crippen molar-refractivity contribution < 1.29 is 5.11 Å². The number of allylic oxidation sites excluding steroid dienone is 3. The second kappa shape index (κ2) is 3.76. The maximum absolute atomic E-state index is 8.78. The van der Waals surface area contributed by atoms with Gasteiger partial charge >= 0.3 is 0 Å². The molecule has 1 nitrogen and oxygen atoms in total. The van der Waals surface area contributed by atoms with Gasteiger partial charge in [0.1, 0.15) is 0 Å². The standard InChI is InChI=1S/C8H10O/c1-4-7(3)6-8(9)5-2/h4,6,9H,1-2H2,3H3/b7-6-. The molecule has 0 aromatic rings. The number of aliphatic hydroxyl groups is 1. The number of hydrogen-bond donors (Lipinski definition) is 1. The monoisotopic (exact) mass is 122 g/mol. The minimum absolute atomic E-state index is 0.0485.